The number of aliphatic hydroxyl groups excluding tert-OH is 2. The highest BCUT2D eigenvalue weighted by molar-refractivity contribution is 6.30. The van der Waals surface area contributed by atoms with Gasteiger partial charge in [-0.15, -0.1) is 0 Å². The average molecular weight is 372 g/mol. The number of likely N-dealkylation sites (tertiary alicyclic amines) is 1. The van der Waals surface area contributed by atoms with Crippen molar-refractivity contribution in [2.75, 3.05) is 26.3 Å². The molecule has 140 valence electrons. The van der Waals surface area contributed by atoms with Crippen molar-refractivity contribution in [2.24, 2.45) is 5.41 Å². The predicted molar refractivity (Wildman–Crippen MR) is 94.9 cm³/mol. The van der Waals surface area contributed by atoms with Crippen molar-refractivity contribution in [1.29, 1.82) is 0 Å². The molecule has 1 aliphatic heterocycles. The molecule has 6 nitrogen and oxygen atoms in total. The summed E-state index contributed by atoms with van der Waals surface area (Å²) in [6, 6.07) is 5.10. The lowest BCUT2D eigenvalue weighted by Gasteiger charge is -2.45. The highest BCUT2D eigenvalue weighted by Gasteiger charge is 2.41. The maximum atomic E-state index is 10.8. The van der Waals surface area contributed by atoms with Crippen molar-refractivity contribution < 1.29 is 24.9 Å². The number of piperidine rings is 1. The molecule has 0 aromatic heterocycles. The van der Waals surface area contributed by atoms with Crippen molar-refractivity contribution in [1.82, 2.24) is 4.90 Å². The number of rotatable bonds is 8. The fourth-order valence-electron chi connectivity index (χ4n) is 3.55. The Labute approximate surface area is 153 Å². The second-order valence-electron chi connectivity index (χ2n) is 6.72. The Morgan fingerprint density at radius 3 is 2.88 bits per heavy atom. The smallest absolute Gasteiger partial charge is 0.341 e. The number of halogens is 1. The van der Waals surface area contributed by atoms with Crippen LogP contribution in [0.1, 0.15) is 31.7 Å². The Bertz CT molecular complexity index is 597. The van der Waals surface area contributed by atoms with Gasteiger partial charge in [-0.3, -0.25) is 4.90 Å². The summed E-state index contributed by atoms with van der Waals surface area (Å²) in [6.45, 7) is 3.35. The van der Waals surface area contributed by atoms with E-state index in [2.05, 4.69) is 4.90 Å². The summed E-state index contributed by atoms with van der Waals surface area (Å²) < 4.78 is 5.36. The second-order valence-corrected chi connectivity index (χ2v) is 7.16. The average Bonchev–Trinajstić information content (AvgIpc) is 2.57. The zero-order valence-corrected chi connectivity index (χ0v) is 15.2. The Morgan fingerprint density at radius 1 is 1.48 bits per heavy atom. The Hall–Kier alpha value is -1.34. The van der Waals surface area contributed by atoms with Gasteiger partial charge < -0.3 is 20.1 Å². The quantitative estimate of drug-likeness (QED) is 0.648. The Balaban J connectivity index is 2.15. The first-order chi connectivity index (χ1) is 11.9. The number of carbonyl (C=O) groups is 1. The topological polar surface area (TPSA) is 90.2 Å². The molecule has 0 aliphatic carbocycles. The van der Waals surface area contributed by atoms with Crippen LogP contribution in [0.25, 0.3) is 0 Å². The van der Waals surface area contributed by atoms with Gasteiger partial charge in [0.1, 0.15) is 5.75 Å². The van der Waals surface area contributed by atoms with Gasteiger partial charge in [0, 0.05) is 35.6 Å². The van der Waals surface area contributed by atoms with Crippen molar-refractivity contribution >= 4 is 17.6 Å². The van der Waals surface area contributed by atoms with Gasteiger partial charge in [-0.05, 0) is 31.0 Å². The molecule has 1 aromatic carbocycles. The molecule has 7 heteroatoms. The van der Waals surface area contributed by atoms with E-state index in [-0.39, 0.29) is 6.61 Å². The van der Waals surface area contributed by atoms with Crippen LogP contribution in [0.3, 0.4) is 0 Å². The molecule has 1 saturated heterocycles. The van der Waals surface area contributed by atoms with Crippen LogP contribution in [0.2, 0.25) is 5.02 Å². The summed E-state index contributed by atoms with van der Waals surface area (Å²) in [5, 5.41) is 29.6. The van der Waals surface area contributed by atoms with Crippen LogP contribution in [-0.4, -0.2) is 58.6 Å². The minimum atomic E-state index is -1.04. The number of aliphatic carboxylic acids is 1. The fraction of sp³-hybridized carbons (Fsp3) is 0.611. The van der Waals surface area contributed by atoms with Crippen LogP contribution in [0.5, 0.6) is 5.75 Å². The third kappa shape index (κ3) is 5.07. The molecule has 3 N–H and O–H groups in total. The van der Waals surface area contributed by atoms with E-state index in [1.165, 1.54) is 0 Å². The van der Waals surface area contributed by atoms with Gasteiger partial charge >= 0.3 is 5.97 Å². The SMILES string of the molecule is CCC[C@@]1(CO)CN(Cc2cc(Cl)ccc2OCC(=O)O)CC[C@H]1O. The maximum Gasteiger partial charge on any atom is 0.341 e. The molecule has 1 aliphatic rings. The van der Waals surface area contributed by atoms with Crippen molar-refractivity contribution in [3.8, 4) is 5.75 Å². The first kappa shape index (κ1) is 20.0. The number of carboxylic acid groups (broad SMARTS) is 1. The van der Waals surface area contributed by atoms with E-state index in [1.54, 1.807) is 18.2 Å². The molecule has 1 fully saturated rings. The predicted octanol–water partition coefficient (Wildman–Crippen LogP) is 2.15. The zero-order valence-electron chi connectivity index (χ0n) is 14.4. The maximum absolute atomic E-state index is 10.8. The largest absolute Gasteiger partial charge is 0.482 e. The summed E-state index contributed by atoms with van der Waals surface area (Å²) in [5.74, 6) is -0.549. The van der Waals surface area contributed by atoms with Crippen LogP contribution in [0, 0.1) is 5.41 Å². The van der Waals surface area contributed by atoms with E-state index >= 15 is 0 Å². The van der Waals surface area contributed by atoms with Gasteiger partial charge in [-0.1, -0.05) is 24.9 Å². The van der Waals surface area contributed by atoms with Crippen molar-refractivity contribution in [3.63, 3.8) is 0 Å². The number of hydrogen-bond acceptors (Lipinski definition) is 5. The van der Waals surface area contributed by atoms with E-state index in [0.29, 0.717) is 36.8 Å². The number of aliphatic hydroxyl groups is 2. The molecular formula is C18H26ClNO5. The molecule has 0 radical (unpaired) electrons. The fourth-order valence-corrected chi connectivity index (χ4v) is 3.74. The third-order valence-electron chi connectivity index (χ3n) is 4.79. The van der Waals surface area contributed by atoms with E-state index in [0.717, 1.165) is 18.4 Å². The molecule has 0 saturated carbocycles. The normalized spacial score (nSPS) is 24.2. The van der Waals surface area contributed by atoms with Gasteiger partial charge in [0.05, 0.1) is 12.7 Å². The number of nitrogens with zero attached hydrogens (tertiary/aromatic N) is 1. The molecule has 1 heterocycles. The molecule has 0 bridgehead atoms. The Morgan fingerprint density at radius 2 is 2.24 bits per heavy atom. The number of carboxylic acids is 1. The van der Waals surface area contributed by atoms with Crippen LogP contribution >= 0.6 is 11.6 Å². The van der Waals surface area contributed by atoms with Crippen LogP contribution < -0.4 is 4.74 Å². The summed E-state index contributed by atoms with van der Waals surface area (Å²) in [4.78, 5) is 12.9. The highest BCUT2D eigenvalue weighted by Crippen LogP contribution is 2.36. The van der Waals surface area contributed by atoms with Gasteiger partial charge in [-0.25, -0.2) is 4.79 Å². The van der Waals surface area contributed by atoms with E-state index in [9.17, 15) is 15.0 Å². The molecular weight excluding hydrogens is 346 g/mol. The summed E-state index contributed by atoms with van der Waals surface area (Å²) in [5.41, 5.74) is 0.279. The summed E-state index contributed by atoms with van der Waals surface area (Å²) >= 11 is 6.08. The van der Waals surface area contributed by atoms with Gasteiger partial charge in [0.2, 0.25) is 0 Å². The number of ether oxygens (including phenoxy) is 1. The first-order valence-electron chi connectivity index (χ1n) is 8.54. The summed E-state index contributed by atoms with van der Waals surface area (Å²) in [7, 11) is 0. The minimum absolute atomic E-state index is 0.0591. The molecule has 0 unspecified atom stereocenters. The lowest BCUT2D eigenvalue weighted by molar-refractivity contribution is -0.139. The molecule has 2 rings (SSSR count). The molecule has 0 spiro atoms. The Kier molecular flexibility index (Phi) is 7.07. The number of benzene rings is 1. The van der Waals surface area contributed by atoms with Gasteiger partial charge in [0.15, 0.2) is 6.61 Å². The first-order valence-corrected chi connectivity index (χ1v) is 8.92. The monoisotopic (exact) mass is 371 g/mol. The van der Waals surface area contributed by atoms with Gasteiger partial charge in [-0.2, -0.15) is 0 Å². The standard InChI is InChI=1S/C18H26ClNO5/c1-2-6-18(12-21)11-20(7-5-16(18)22)9-13-8-14(19)3-4-15(13)25-10-17(23)24/h3-4,8,16,21-22H,2,5-7,9-12H2,1H3,(H,23,24)/t16-,18+/m1/s1. The molecule has 1 aromatic rings. The van der Waals surface area contributed by atoms with Crippen molar-refractivity contribution in [2.45, 2.75) is 38.8 Å². The van der Waals surface area contributed by atoms with E-state index in [1.807, 2.05) is 6.92 Å². The van der Waals surface area contributed by atoms with Crippen LogP contribution in [0.4, 0.5) is 0 Å². The molecule has 25 heavy (non-hydrogen) atoms. The van der Waals surface area contributed by atoms with Crippen LogP contribution in [-0.2, 0) is 11.3 Å². The minimum Gasteiger partial charge on any atom is -0.482 e. The van der Waals surface area contributed by atoms with Crippen molar-refractivity contribution in [3.05, 3.63) is 28.8 Å². The molecule has 0 amide bonds. The summed E-state index contributed by atoms with van der Waals surface area (Å²) in [6.07, 6.45) is 1.71. The van der Waals surface area contributed by atoms with E-state index in [4.69, 9.17) is 21.4 Å². The van der Waals surface area contributed by atoms with Gasteiger partial charge in [0.25, 0.3) is 0 Å². The molecule has 2 atom stereocenters. The van der Waals surface area contributed by atoms with E-state index < -0.39 is 24.1 Å². The second kappa shape index (κ2) is 8.85. The zero-order chi connectivity index (χ0) is 18.4. The van der Waals surface area contributed by atoms with Crippen LogP contribution in [0.15, 0.2) is 18.2 Å². The highest BCUT2D eigenvalue weighted by atomic mass is 35.5. The lowest BCUT2D eigenvalue weighted by atomic mass is 9.74. The number of hydrogen-bond donors (Lipinski definition) is 3. The third-order valence-corrected chi connectivity index (χ3v) is 5.03. The lowest BCUT2D eigenvalue weighted by Crippen LogP contribution is -2.53.